The number of nitriles is 1. The minimum atomic E-state index is -3.67. The molecular formula is C17H17N3O3S. The molecule has 6 nitrogen and oxygen atoms in total. The van der Waals surface area contributed by atoms with Crippen LogP contribution in [0.15, 0.2) is 53.4 Å². The molecule has 1 N–H and O–H groups in total. The number of ether oxygens (including phenoxy) is 1. The van der Waals surface area contributed by atoms with Crippen molar-refractivity contribution in [3.8, 4) is 6.07 Å². The molecule has 0 saturated carbocycles. The maximum atomic E-state index is 12.3. The fraction of sp³-hybridized carbons (Fsp3) is 0.235. The van der Waals surface area contributed by atoms with Crippen molar-refractivity contribution in [3.05, 3.63) is 54.1 Å². The zero-order chi connectivity index (χ0) is 17.2. The van der Waals surface area contributed by atoms with Crippen molar-refractivity contribution in [1.82, 2.24) is 0 Å². The second kappa shape index (κ2) is 6.51. The van der Waals surface area contributed by atoms with E-state index in [1.807, 2.05) is 18.2 Å². The molecule has 1 heterocycles. The SMILES string of the molecule is COC1CN(c2ccc(NS(=O)(=O)c3ccc(C#N)cc3)cc2)C1. The Balaban J connectivity index is 1.69. The normalized spacial score (nSPS) is 14.8. The molecule has 0 bridgehead atoms. The summed E-state index contributed by atoms with van der Waals surface area (Å²) >= 11 is 0. The van der Waals surface area contributed by atoms with Crippen molar-refractivity contribution in [2.24, 2.45) is 0 Å². The van der Waals surface area contributed by atoms with Gasteiger partial charge in [0.05, 0.1) is 22.6 Å². The van der Waals surface area contributed by atoms with Crippen LogP contribution in [0.1, 0.15) is 5.56 Å². The molecule has 124 valence electrons. The predicted molar refractivity (Wildman–Crippen MR) is 91.4 cm³/mol. The topological polar surface area (TPSA) is 82.4 Å². The van der Waals surface area contributed by atoms with Crippen LogP contribution >= 0.6 is 0 Å². The van der Waals surface area contributed by atoms with Crippen LogP contribution in [0.3, 0.4) is 0 Å². The largest absolute Gasteiger partial charge is 0.378 e. The number of rotatable bonds is 5. The Morgan fingerprint density at radius 2 is 1.75 bits per heavy atom. The van der Waals surface area contributed by atoms with Gasteiger partial charge in [0.15, 0.2) is 0 Å². The van der Waals surface area contributed by atoms with Gasteiger partial charge in [-0.3, -0.25) is 4.72 Å². The predicted octanol–water partition coefficient (Wildman–Crippen LogP) is 2.19. The lowest BCUT2D eigenvalue weighted by atomic mass is 10.1. The van der Waals surface area contributed by atoms with Gasteiger partial charge in [-0.2, -0.15) is 5.26 Å². The molecule has 0 atom stereocenters. The van der Waals surface area contributed by atoms with Crippen LogP contribution in [-0.2, 0) is 14.8 Å². The maximum absolute atomic E-state index is 12.3. The molecule has 24 heavy (non-hydrogen) atoms. The summed E-state index contributed by atoms with van der Waals surface area (Å²) in [4.78, 5) is 2.28. The fourth-order valence-corrected chi connectivity index (χ4v) is 3.52. The van der Waals surface area contributed by atoms with Crippen molar-refractivity contribution in [3.63, 3.8) is 0 Å². The van der Waals surface area contributed by atoms with E-state index in [1.54, 1.807) is 19.2 Å². The summed E-state index contributed by atoms with van der Waals surface area (Å²) in [7, 11) is -1.97. The Bertz CT molecular complexity index is 849. The molecule has 7 heteroatoms. The summed E-state index contributed by atoms with van der Waals surface area (Å²) in [5.74, 6) is 0. The number of methoxy groups -OCH3 is 1. The minimum Gasteiger partial charge on any atom is -0.378 e. The van der Waals surface area contributed by atoms with Gasteiger partial charge in [-0.15, -0.1) is 0 Å². The summed E-state index contributed by atoms with van der Waals surface area (Å²) < 4.78 is 32.5. The molecule has 2 aromatic rings. The molecular weight excluding hydrogens is 326 g/mol. The molecule has 1 fully saturated rings. The lowest BCUT2D eigenvalue weighted by Crippen LogP contribution is -2.51. The van der Waals surface area contributed by atoms with E-state index < -0.39 is 10.0 Å². The smallest absolute Gasteiger partial charge is 0.261 e. The summed E-state index contributed by atoms with van der Waals surface area (Å²) in [5.41, 5.74) is 1.94. The zero-order valence-electron chi connectivity index (χ0n) is 13.1. The summed E-state index contributed by atoms with van der Waals surface area (Å²) in [5, 5.41) is 8.77. The Morgan fingerprint density at radius 3 is 2.29 bits per heavy atom. The van der Waals surface area contributed by atoms with Crippen molar-refractivity contribution in [2.75, 3.05) is 29.8 Å². The number of hydrogen-bond donors (Lipinski definition) is 1. The van der Waals surface area contributed by atoms with Crippen LogP contribution in [0.2, 0.25) is 0 Å². The van der Waals surface area contributed by atoms with Gasteiger partial charge in [-0.1, -0.05) is 0 Å². The van der Waals surface area contributed by atoms with E-state index in [0.717, 1.165) is 18.8 Å². The maximum Gasteiger partial charge on any atom is 0.261 e. The van der Waals surface area contributed by atoms with E-state index >= 15 is 0 Å². The lowest BCUT2D eigenvalue weighted by Gasteiger charge is -2.40. The first-order chi connectivity index (χ1) is 11.5. The van der Waals surface area contributed by atoms with Gasteiger partial charge in [-0.25, -0.2) is 8.42 Å². The molecule has 0 amide bonds. The number of hydrogen-bond acceptors (Lipinski definition) is 5. The summed E-state index contributed by atoms with van der Waals surface area (Å²) in [6.45, 7) is 1.68. The molecule has 0 spiro atoms. The standard InChI is InChI=1S/C17H17N3O3S/c1-23-16-11-20(12-16)15-6-4-14(5-7-15)19-24(21,22)17-8-2-13(10-18)3-9-17/h2-9,16,19H,11-12H2,1H3. The van der Waals surface area contributed by atoms with E-state index in [9.17, 15) is 8.42 Å². The number of sulfonamides is 1. The van der Waals surface area contributed by atoms with Crippen molar-refractivity contribution < 1.29 is 13.2 Å². The third kappa shape index (κ3) is 3.35. The van der Waals surface area contributed by atoms with Crippen LogP contribution in [0, 0.1) is 11.3 Å². The molecule has 1 aliphatic rings. The molecule has 1 aliphatic heterocycles. The van der Waals surface area contributed by atoms with E-state index in [4.69, 9.17) is 10.00 Å². The van der Waals surface area contributed by atoms with Gasteiger partial charge in [0.25, 0.3) is 10.0 Å². The summed E-state index contributed by atoms with van der Waals surface area (Å²) in [6, 6.07) is 15.0. The van der Waals surface area contributed by atoms with E-state index in [1.165, 1.54) is 24.3 Å². The van der Waals surface area contributed by atoms with E-state index in [-0.39, 0.29) is 11.0 Å². The first-order valence-electron chi connectivity index (χ1n) is 7.42. The Morgan fingerprint density at radius 1 is 1.12 bits per heavy atom. The highest BCUT2D eigenvalue weighted by Crippen LogP contribution is 2.25. The van der Waals surface area contributed by atoms with Crippen LogP contribution in [0.4, 0.5) is 11.4 Å². The Hall–Kier alpha value is -2.56. The van der Waals surface area contributed by atoms with Gasteiger partial charge in [0, 0.05) is 31.6 Å². The highest BCUT2D eigenvalue weighted by Gasteiger charge is 2.26. The molecule has 3 rings (SSSR count). The molecule has 0 aliphatic carbocycles. The lowest BCUT2D eigenvalue weighted by molar-refractivity contribution is 0.0788. The van der Waals surface area contributed by atoms with Gasteiger partial charge in [0.2, 0.25) is 0 Å². The van der Waals surface area contributed by atoms with Crippen molar-refractivity contribution in [1.29, 1.82) is 5.26 Å². The molecule has 0 radical (unpaired) electrons. The molecule has 1 saturated heterocycles. The van der Waals surface area contributed by atoms with Gasteiger partial charge in [-0.05, 0) is 48.5 Å². The van der Waals surface area contributed by atoms with Gasteiger partial charge >= 0.3 is 0 Å². The second-order valence-corrected chi connectivity index (χ2v) is 7.23. The highest BCUT2D eigenvalue weighted by atomic mass is 32.2. The third-order valence-corrected chi connectivity index (χ3v) is 5.36. The quantitative estimate of drug-likeness (QED) is 0.900. The number of anilines is 2. The number of benzene rings is 2. The van der Waals surface area contributed by atoms with Gasteiger partial charge < -0.3 is 9.64 Å². The fourth-order valence-electron chi connectivity index (χ4n) is 2.46. The van der Waals surface area contributed by atoms with E-state index in [0.29, 0.717) is 11.3 Å². The molecule has 0 aromatic heterocycles. The average molecular weight is 343 g/mol. The average Bonchev–Trinajstić information content (AvgIpc) is 2.55. The van der Waals surface area contributed by atoms with Crippen LogP contribution < -0.4 is 9.62 Å². The third-order valence-electron chi connectivity index (χ3n) is 3.96. The molecule has 2 aromatic carbocycles. The van der Waals surface area contributed by atoms with E-state index in [2.05, 4.69) is 9.62 Å². The molecule has 0 unspecified atom stereocenters. The minimum absolute atomic E-state index is 0.122. The van der Waals surface area contributed by atoms with Crippen LogP contribution in [0.25, 0.3) is 0 Å². The first kappa shape index (κ1) is 16.3. The van der Waals surface area contributed by atoms with Gasteiger partial charge in [0.1, 0.15) is 0 Å². The Labute approximate surface area is 141 Å². The zero-order valence-corrected chi connectivity index (χ0v) is 14.0. The number of nitrogens with one attached hydrogen (secondary N) is 1. The number of nitrogens with zero attached hydrogens (tertiary/aromatic N) is 2. The Kier molecular flexibility index (Phi) is 4.42. The highest BCUT2D eigenvalue weighted by molar-refractivity contribution is 7.92. The van der Waals surface area contributed by atoms with Crippen LogP contribution in [0.5, 0.6) is 0 Å². The van der Waals surface area contributed by atoms with Crippen molar-refractivity contribution in [2.45, 2.75) is 11.0 Å². The second-order valence-electron chi connectivity index (χ2n) is 5.55. The monoisotopic (exact) mass is 343 g/mol. The van der Waals surface area contributed by atoms with Crippen molar-refractivity contribution >= 4 is 21.4 Å². The first-order valence-corrected chi connectivity index (χ1v) is 8.91. The van der Waals surface area contributed by atoms with Crippen LogP contribution in [-0.4, -0.2) is 34.7 Å². The summed E-state index contributed by atoms with van der Waals surface area (Å²) in [6.07, 6.45) is 0.263.